The molecule has 8 heteroatoms. The number of hydrogen-bond donors (Lipinski definition) is 0. The van der Waals surface area contributed by atoms with Gasteiger partial charge in [0.25, 0.3) is 5.89 Å². The molecule has 0 spiro atoms. The maximum absolute atomic E-state index is 5.34. The van der Waals surface area contributed by atoms with Crippen LogP contribution >= 0.6 is 11.8 Å². The van der Waals surface area contributed by atoms with Gasteiger partial charge in [-0.25, -0.2) is 4.68 Å². The molecule has 2 aromatic heterocycles. The first-order valence-electron chi connectivity index (χ1n) is 7.40. The highest BCUT2D eigenvalue weighted by molar-refractivity contribution is 7.98. The molecule has 2 heterocycles. The molecule has 3 aromatic rings. The van der Waals surface area contributed by atoms with Crippen molar-refractivity contribution < 1.29 is 4.52 Å². The van der Waals surface area contributed by atoms with Gasteiger partial charge < -0.3 is 4.52 Å². The molecular formula is C15H18N6OS. The SMILES string of the molecule is Cc1cccc(-c2nc(CSc3nnnn3CC(C)C)no2)c1. The molecule has 0 bridgehead atoms. The molecule has 0 radical (unpaired) electrons. The van der Waals surface area contributed by atoms with E-state index in [0.717, 1.165) is 22.8 Å². The minimum Gasteiger partial charge on any atom is -0.334 e. The van der Waals surface area contributed by atoms with Crippen LogP contribution in [0.25, 0.3) is 11.5 Å². The quantitative estimate of drug-likeness (QED) is 0.642. The van der Waals surface area contributed by atoms with Gasteiger partial charge in [0, 0.05) is 12.1 Å². The van der Waals surface area contributed by atoms with Crippen LogP contribution in [0, 0.1) is 12.8 Å². The van der Waals surface area contributed by atoms with E-state index in [1.165, 1.54) is 11.8 Å². The summed E-state index contributed by atoms with van der Waals surface area (Å²) in [7, 11) is 0. The van der Waals surface area contributed by atoms with Gasteiger partial charge >= 0.3 is 0 Å². The van der Waals surface area contributed by atoms with E-state index in [2.05, 4.69) is 39.5 Å². The smallest absolute Gasteiger partial charge is 0.257 e. The Morgan fingerprint density at radius 2 is 2.17 bits per heavy atom. The predicted octanol–water partition coefficient (Wildman–Crippen LogP) is 2.98. The zero-order valence-corrected chi connectivity index (χ0v) is 14.1. The Hall–Kier alpha value is -2.22. The van der Waals surface area contributed by atoms with Crippen molar-refractivity contribution >= 4 is 11.8 Å². The summed E-state index contributed by atoms with van der Waals surface area (Å²) in [5.74, 6) is 2.21. The first kappa shape index (κ1) is 15.7. The van der Waals surface area contributed by atoms with Crippen LogP contribution in [-0.2, 0) is 12.3 Å². The lowest BCUT2D eigenvalue weighted by Crippen LogP contribution is -2.07. The number of aromatic nitrogens is 6. The van der Waals surface area contributed by atoms with E-state index in [0.29, 0.717) is 23.4 Å². The van der Waals surface area contributed by atoms with Crippen molar-refractivity contribution in [2.75, 3.05) is 0 Å². The highest BCUT2D eigenvalue weighted by Gasteiger charge is 2.13. The van der Waals surface area contributed by atoms with Crippen LogP contribution in [0.3, 0.4) is 0 Å². The van der Waals surface area contributed by atoms with Crippen molar-refractivity contribution in [3.63, 3.8) is 0 Å². The molecule has 0 N–H and O–H groups in total. The maximum atomic E-state index is 5.34. The minimum atomic E-state index is 0.482. The second-order valence-electron chi connectivity index (χ2n) is 5.71. The average Bonchev–Trinajstić information content (AvgIpc) is 3.14. The Morgan fingerprint density at radius 3 is 2.96 bits per heavy atom. The zero-order valence-electron chi connectivity index (χ0n) is 13.3. The molecule has 3 rings (SSSR count). The fourth-order valence-corrected chi connectivity index (χ4v) is 2.83. The van der Waals surface area contributed by atoms with Crippen LogP contribution in [0.4, 0.5) is 0 Å². The fourth-order valence-electron chi connectivity index (χ4n) is 2.10. The van der Waals surface area contributed by atoms with Crippen LogP contribution in [0.1, 0.15) is 25.2 Å². The summed E-state index contributed by atoms with van der Waals surface area (Å²) >= 11 is 1.50. The number of aryl methyl sites for hydroxylation is 1. The Kier molecular flexibility index (Phi) is 4.71. The second kappa shape index (κ2) is 6.91. The predicted molar refractivity (Wildman–Crippen MR) is 86.7 cm³/mol. The Balaban J connectivity index is 1.67. The first-order valence-corrected chi connectivity index (χ1v) is 8.39. The van der Waals surface area contributed by atoms with Crippen molar-refractivity contribution in [3.05, 3.63) is 35.7 Å². The van der Waals surface area contributed by atoms with Crippen LogP contribution in [0.2, 0.25) is 0 Å². The Labute approximate surface area is 138 Å². The molecule has 7 nitrogen and oxygen atoms in total. The summed E-state index contributed by atoms with van der Waals surface area (Å²) < 4.78 is 7.14. The summed E-state index contributed by atoms with van der Waals surface area (Å²) in [5, 5.41) is 16.6. The van der Waals surface area contributed by atoms with Crippen LogP contribution in [0.5, 0.6) is 0 Å². The largest absolute Gasteiger partial charge is 0.334 e. The fraction of sp³-hybridized carbons (Fsp3) is 0.400. The number of hydrogen-bond acceptors (Lipinski definition) is 7. The minimum absolute atomic E-state index is 0.482. The van der Waals surface area contributed by atoms with Crippen molar-refractivity contribution in [2.24, 2.45) is 5.92 Å². The van der Waals surface area contributed by atoms with Gasteiger partial charge in [-0.15, -0.1) is 5.10 Å². The molecule has 0 saturated carbocycles. The van der Waals surface area contributed by atoms with Gasteiger partial charge in [0.2, 0.25) is 5.16 Å². The van der Waals surface area contributed by atoms with Crippen LogP contribution in [-0.4, -0.2) is 30.3 Å². The molecule has 0 fully saturated rings. The van der Waals surface area contributed by atoms with Crippen molar-refractivity contribution in [1.82, 2.24) is 30.3 Å². The summed E-state index contributed by atoms with van der Waals surface area (Å²) in [5.41, 5.74) is 2.09. The Morgan fingerprint density at radius 1 is 1.30 bits per heavy atom. The lowest BCUT2D eigenvalue weighted by atomic mass is 10.1. The first-order chi connectivity index (χ1) is 11.1. The van der Waals surface area contributed by atoms with Gasteiger partial charge in [-0.3, -0.25) is 0 Å². The number of rotatable bonds is 6. The highest BCUT2D eigenvalue weighted by Crippen LogP contribution is 2.22. The van der Waals surface area contributed by atoms with Gasteiger partial charge in [-0.05, 0) is 35.4 Å². The van der Waals surface area contributed by atoms with Crippen LogP contribution < -0.4 is 0 Å². The van der Waals surface area contributed by atoms with Gasteiger partial charge in [0.05, 0.1) is 5.75 Å². The van der Waals surface area contributed by atoms with E-state index >= 15 is 0 Å². The molecule has 120 valence electrons. The number of nitrogens with zero attached hydrogens (tertiary/aromatic N) is 6. The molecule has 0 unspecified atom stereocenters. The third-order valence-corrected chi connectivity index (χ3v) is 4.05. The summed E-state index contributed by atoms with van der Waals surface area (Å²) in [6, 6.07) is 7.99. The molecular weight excluding hydrogens is 312 g/mol. The normalized spacial score (nSPS) is 11.3. The number of thioether (sulfide) groups is 1. The molecule has 0 aliphatic rings. The van der Waals surface area contributed by atoms with Gasteiger partial charge in [-0.1, -0.05) is 48.5 Å². The van der Waals surface area contributed by atoms with E-state index in [9.17, 15) is 0 Å². The lowest BCUT2D eigenvalue weighted by Gasteiger charge is -2.05. The maximum Gasteiger partial charge on any atom is 0.257 e. The van der Waals surface area contributed by atoms with E-state index in [1.54, 1.807) is 4.68 Å². The summed E-state index contributed by atoms with van der Waals surface area (Å²) in [6.07, 6.45) is 0. The van der Waals surface area contributed by atoms with E-state index < -0.39 is 0 Å². The van der Waals surface area contributed by atoms with Gasteiger partial charge in [0.1, 0.15) is 0 Å². The van der Waals surface area contributed by atoms with Gasteiger partial charge in [0.15, 0.2) is 5.82 Å². The molecule has 0 aliphatic carbocycles. The molecule has 0 saturated heterocycles. The monoisotopic (exact) mass is 330 g/mol. The molecule has 23 heavy (non-hydrogen) atoms. The molecule has 0 aliphatic heterocycles. The number of tetrazole rings is 1. The molecule has 0 amide bonds. The van der Waals surface area contributed by atoms with E-state index in [1.807, 2.05) is 31.2 Å². The van der Waals surface area contributed by atoms with E-state index in [-0.39, 0.29) is 0 Å². The third-order valence-electron chi connectivity index (χ3n) is 3.10. The summed E-state index contributed by atoms with van der Waals surface area (Å²) in [4.78, 5) is 4.44. The van der Waals surface area contributed by atoms with Crippen molar-refractivity contribution in [2.45, 2.75) is 38.2 Å². The van der Waals surface area contributed by atoms with Gasteiger partial charge in [-0.2, -0.15) is 4.98 Å². The van der Waals surface area contributed by atoms with Crippen molar-refractivity contribution in [3.8, 4) is 11.5 Å². The highest BCUT2D eigenvalue weighted by atomic mass is 32.2. The second-order valence-corrected chi connectivity index (χ2v) is 6.65. The van der Waals surface area contributed by atoms with E-state index in [4.69, 9.17) is 4.52 Å². The average molecular weight is 330 g/mol. The van der Waals surface area contributed by atoms with Crippen molar-refractivity contribution in [1.29, 1.82) is 0 Å². The molecule has 0 atom stereocenters. The summed E-state index contributed by atoms with van der Waals surface area (Å²) in [6.45, 7) is 7.08. The third kappa shape index (κ3) is 3.95. The van der Waals surface area contributed by atoms with Crippen LogP contribution in [0.15, 0.2) is 33.9 Å². The topological polar surface area (TPSA) is 82.5 Å². The standard InChI is InChI=1S/C15H18N6OS/c1-10(2)8-21-15(17-19-20-21)23-9-13-16-14(22-18-13)12-6-4-5-11(3)7-12/h4-7,10H,8-9H2,1-3H3. The number of benzene rings is 1. The zero-order chi connectivity index (χ0) is 16.2. The molecule has 1 aromatic carbocycles. The lowest BCUT2D eigenvalue weighted by molar-refractivity contribution is 0.425. The Bertz CT molecular complexity index is 782.